The lowest BCUT2D eigenvalue weighted by Gasteiger charge is -2.22. The van der Waals surface area contributed by atoms with Crippen LogP contribution in [0.4, 0.5) is 10.1 Å². The fourth-order valence-electron chi connectivity index (χ4n) is 3.49. The van der Waals surface area contributed by atoms with E-state index in [1.54, 1.807) is 12.1 Å². The molecule has 2 N–H and O–H groups in total. The van der Waals surface area contributed by atoms with E-state index in [-0.39, 0.29) is 12.0 Å². The Kier molecular flexibility index (Phi) is 2.83. The Morgan fingerprint density at radius 1 is 1.17 bits per heavy atom. The van der Waals surface area contributed by atoms with Gasteiger partial charge in [-0.1, -0.05) is 6.07 Å². The predicted octanol–water partition coefficient (Wildman–Crippen LogP) is 2.03. The lowest BCUT2D eigenvalue weighted by Crippen LogP contribution is -2.43. The van der Waals surface area contributed by atoms with Gasteiger partial charge in [0.25, 0.3) is 0 Å². The third kappa shape index (κ3) is 2.05. The molecular formula is C17H14FN5O. The van der Waals surface area contributed by atoms with E-state index in [1.807, 2.05) is 24.4 Å². The van der Waals surface area contributed by atoms with Crippen LogP contribution in [0.1, 0.15) is 11.1 Å². The number of benzene rings is 2. The molecule has 0 amide bonds. The largest absolute Gasteiger partial charge is 0.299 e. The molecule has 120 valence electrons. The molecule has 1 aromatic heterocycles. The second-order valence-corrected chi connectivity index (χ2v) is 6.26. The van der Waals surface area contributed by atoms with Gasteiger partial charge in [-0.15, -0.1) is 0 Å². The number of hydrogen-bond donors (Lipinski definition) is 2. The van der Waals surface area contributed by atoms with E-state index < -0.39 is 5.54 Å². The molecule has 5 rings (SSSR count). The highest BCUT2D eigenvalue weighted by molar-refractivity contribution is 5.85. The van der Waals surface area contributed by atoms with Gasteiger partial charge in [0.05, 0.1) is 17.4 Å². The van der Waals surface area contributed by atoms with Crippen molar-refractivity contribution in [3.05, 3.63) is 53.3 Å². The lowest BCUT2D eigenvalue weighted by molar-refractivity contribution is 0.315. The fraction of sp³-hybridized carbons (Fsp3) is 0.235. The van der Waals surface area contributed by atoms with E-state index in [9.17, 15) is 4.39 Å². The van der Waals surface area contributed by atoms with Crippen molar-refractivity contribution in [3.63, 3.8) is 0 Å². The normalized spacial score (nSPS) is 25.0. The molecule has 3 heterocycles. The van der Waals surface area contributed by atoms with E-state index in [4.69, 9.17) is 4.63 Å². The van der Waals surface area contributed by atoms with Gasteiger partial charge in [-0.2, -0.15) is 0 Å². The second kappa shape index (κ2) is 4.93. The minimum Gasteiger partial charge on any atom is -0.299 e. The molecule has 0 radical (unpaired) electrons. The van der Waals surface area contributed by atoms with Crippen LogP contribution < -0.4 is 10.6 Å². The molecule has 1 fully saturated rings. The summed E-state index contributed by atoms with van der Waals surface area (Å²) in [7, 11) is 0. The highest BCUT2D eigenvalue weighted by Gasteiger charge is 2.42. The second-order valence-electron chi connectivity index (χ2n) is 6.26. The van der Waals surface area contributed by atoms with Crippen LogP contribution in [-0.4, -0.2) is 29.2 Å². The van der Waals surface area contributed by atoms with Crippen LogP contribution in [0.2, 0.25) is 0 Å². The first-order valence-electron chi connectivity index (χ1n) is 7.79. The molecule has 7 heteroatoms. The van der Waals surface area contributed by atoms with Gasteiger partial charge in [0, 0.05) is 24.7 Å². The maximum absolute atomic E-state index is 13.6. The summed E-state index contributed by atoms with van der Waals surface area (Å²) in [6.07, 6.45) is 2.70. The van der Waals surface area contributed by atoms with Crippen LogP contribution in [0.25, 0.3) is 11.0 Å². The number of aromatic nitrogens is 2. The summed E-state index contributed by atoms with van der Waals surface area (Å²) in [4.78, 5) is 4.43. The zero-order valence-electron chi connectivity index (χ0n) is 12.7. The molecule has 0 aliphatic carbocycles. The van der Waals surface area contributed by atoms with Gasteiger partial charge < -0.3 is 0 Å². The molecule has 2 atom stereocenters. The van der Waals surface area contributed by atoms with Crippen molar-refractivity contribution in [1.29, 1.82) is 0 Å². The number of halogens is 1. The Balaban J connectivity index is 1.40. The molecule has 1 saturated heterocycles. The van der Waals surface area contributed by atoms with Crippen LogP contribution in [0, 0.1) is 5.82 Å². The van der Waals surface area contributed by atoms with Crippen LogP contribution in [0.5, 0.6) is 0 Å². The van der Waals surface area contributed by atoms with E-state index in [0.29, 0.717) is 6.54 Å². The first-order valence-corrected chi connectivity index (χ1v) is 7.79. The van der Waals surface area contributed by atoms with Crippen molar-refractivity contribution in [1.82, 2.24) is 20.9 Å². The highest BCUT2D eigenvalue weighted by Crippen LogP contribution is 2.37. The van der Waals surface area contributed by atoms with Crippen LogP contribution in [0.3, 0.4) is 0 Å². The summed E-state index contributed by atoms with van der Waals surface area (Å²) >= 11 is 0. The molecular weight excluding hydrogens is 309 g/mol. The number of hydrogen-bond acceptors (Lipinski definition) is 6. The van der Waals surface area contributed by atoms with E-state index in [2.05, 4.69) is 25.9 Å². The predicted molar refractivity (Wildman–Crippen MR) is 86.7 cm³/mol. The Hall–Kier alpha value is -2.64. The quantitative estimate of drug-likeness (QED) is 0.755. The van der Waals surface area contributed by atoms with Crippen molar-refractivity contribution in [3.8, 4) is 0 Å². The summed E-state index contributed by atoms with van der Waals surface area (Å²) < 4.78 is 18.4. The SMILES string of the molecule is Fc1ccc2c(c1)C1(C=N2)CN[C@@H](Cc2ccc3nonc3c2)N1. The third-order valence-corrected chi connectivity index (χ3v) is 4.68. The Labute approximate surface area is 136 Å². The van der Waals surface area contributed by atoms with Gasteiger partial charge in [-0.05, 0) is 46.2 Å². The summed E-state index contributed by atoms with van der Waals surface area (Å²) in [5.74, 6) is -0.243. The zero-order valence-corrected chi connectivity index (χ0v) is 12.7. The standard InChI is InChI=1S/C17H14FN5O/c18-11-2-4-13-12(7-11)17(8-19-13)9-20-16(21-17)6-10-1-3-14-15(5-10)23-24-22-14/h1-5,7-8,16,20-21H,6,9H2/t16-,17?/m1/s1. The van der Waals surface area contributed by atoms with Crippen LogP contribution in [-0.2, 0) is 12.0 Å². The zero-order chi connectivity index (χ0) is 16.1. The highest BCUT2D eigenvalue weighted by atomic mass is 19.1. The van der Waals surface area contributed by atoms with Gasteiger partial charge in [0.1, 0.15) is 16.9 Å². The van der Waals surface area contributed by atoms with Crippen molar-refractivity contribution < 1.29 is 9.02 Å². The number of nitrogens with one attached hydrogen (secondary N) is 2. The molecule has 0 saturated carbocycles. The molecule has 2 aromatic carbocycles. The summed E-state index contributed by atoms with van der Waals surface area (Å²) in [5.41, 5.74) is 3.87. The molecule has 3 aromatic rings. The van der Waals surface area contributed by atoms with Gasteiger partial charge in [0.2, 0.25) is 0 Å². The topological polar surface area (TPSA) is 75.3 Å². The molecule has 1 spiro atoms. The molecule has 2 aliphatic heterocycles. The third-order valence-electron chi connectivity index (χ3n) is 4.68. The minimum atomic E-state index is -0.443. The van der Waals surface area contributed by atoms with Crippen molar-refractivity contribution >= 4 is 22.9 Å². The molecule has 24 heavy (non-hydrogen) atoms. The first kappa shape index (κ1) is 13.8. The van der Waals surface area contributed by atoms with Gasteiger partial charge in [-0.25, -0.2) is 9.02 Å². The summed E-state index contributed by atoms with van der Waals surface area (Å²) in [5, 5.41) is 14.7. The fourth-order valence-corrected chi connectivity index (χ4v) is 3.49. The monoisotopic (exact) mass is 323 g/mol. The molecule has 1 unspecified atom stereocenters. The maximum Gasteiger partial charge on any atom is 0.135 e. The smallest absolute Gasteiger partial charge is 0.135 e. The number of rotatable bonds is 2. The Morgan fingerprint density at radius 3 is 3.04 bits per heavy atom. The average molecular weight is 323 g/mol. The van der Waals surface area contributed by atoms with Gasteiger partial charge >= 0.3 is 0 Å². The Bertz CT molecular complexity index is 969. The molecule has 0 bridgehead atoms. The summed E-state index contributed by atoms with van der Waals surface area (Å²) in [6.45, 7) is 0.672. The molecule has 2 aliphatic rings. The van der Waals surface area contributed by atoms with E-state index in [0.717, 1.165) is 34.3 Å². The molecule has 6 nitrogen and oxygen atoms in total. The maximum atomic E-state index is 13.6. The van der Waals surface area contributed by atoms with Crippen LogP contribution >= 0.6 is 0 Å². The minimum absolute atomic E-state index is 0.0583. The van der Waals surface area contributed by atoms with Crippen LogP contribution in [0.15, 0.2) is 46.0 Å². The van der Waals surface area contributed by atoms with E-state index in [1.165, 1.54) is 6.07 Å². The first-order chi connectivity index (χ1) is 11.7. The van der Waals surface area contributed by atoms with Crippen molar-refractivity contribution in [2.75, 3.05) is 6.54 Å². The average Bonchev–Trinajstić information content (AvgIpc) is 3.28. The summed E-state index contributed by atoms with van der Waals surface area (Å²) in [6, 6.07) is 10.6. The van der Waals surface area contributed by atoms with Crippen molar-refractivity contribution in [2.45, 2.75) is 18.1 Å². The number of nitrogens with zero attached hydrogens (tertiary/aromatic N) is 3. The number of aliphatic imine (C=N–C) groups is 1. The van der Waals surface area contributed by atoms with Crippen molar-refractivity contribution in [2.24, 2.45) is 4.99 Å². The number of fused-ring (bicyclic) bond motifs is 3. The lowest BCUT2D eigenvalue weighted by atomic mass is 9.93. The van der Waals surface area contributed by atoms with Gasteiger partial charge in [0.15, 0.2) is 0 Å². The van der Waals surface area contributed by atoms with E-state index >= 15 is 0 Å². The Morgan fingerprint density at radius 2 is 2.08 bits per heavy atom. The van der Waals surface area contributed by atoms with Gasteiger partial charge in [-0.3, -0.25) is 15.6 Å².